The minimum absolute atomic E-state index is 0. The fourth-order valence-electron chi connectivity index (χ4n) is 1.87. The lowest BCUT2D eigenvalue weighted by atomic mass is 10.2. The van der Waals surface area contributed by atoms with Gasteiger partial charge in [-0.05, 0) is 12.1 Å². The smallest absolute Gasteiger partial charge is 0.274 e. The van der Waals surface area contributed by atoms with Gasteiger partial charge in [0.25, 0.3) is 5.56 Å². The Morgan fingerprint density at radius 3 is 3.11 bits per heavy atom. The molecule has 1 aliphatic heterocycles. The second kappa shape index (κ2) is 7.28. The molecule has 0 radical (unpaired) electrons. The van der Waals surface area contributed by atoms with Gasteiger partial charge in [0.1, 0.15) is 5.69 Å². The number of amides is 1. The summed E-state index contributed by atoms with van der Waals surface area (Å²) in [5, 5.41) is 5.82. The Morgan fingerprint density at radius 1 is 1.63 bits per heavy atom. The maximum absolute atomic E-state index is 11.8. The third-order valence-electron chi connectivity index (χ3n) is 2.83. The summed E-state index contributed by atoms with van der Waals surface area (Å²) in [6.07, 6.45) is 1.95. The van der Waals surface area contributed by atoms with Crippen LogP contribution in [-0.2, 0) is 16.6 Å². The van der Waals surface area contributed by atoms with Crippen LogP contribution in [0.5, 0.6) is 0 Å². The number of halogens is 1. The van der Waals surface area contributed by atoms with Crippen molar-refractivity contribution < 1.29 is 9.53 Å². The largest absolute Gasteiger partial charge is 0.378 e. The maximum atomic E-state index is 11.8. The highest BCUT2D eigenvalue weighted by Crippen LogP contribution is 2.03. The van der Waals surface area contributed by atoms with E-state index in [4.69, 9.17) is 4.74 Å². The molecule has 0 aliphatic carbocycles. The SMILES string of the molecule is Cl.Cn1cccc(NC(=O)CC2COCCN2)c1=O. The van der Waals surface area contributed by atoms with Crippen molar-refractivity contribution >= 4 is 24.0 Å². The number of rotatable bonds is 3. The molecule has 6 nitrogen and oxygen atoms in total. The number of hydrogen-bond acceptors (Lipinski definition) is 4. The molecule has 7 heteroatoms. The standard InChI is InChI=1S/C12H17N3O3.ClH/c1-15-5-2-3-10(12(15)17)14-11(16)7-9-8-18-6-4-13-9;/h2-3,5,9,13H,4,6-8H2,1H3,(H,14,16);1H. The van der Waals surface area contributed by atoms with Gasteiger partial charge in [0.2, 0.25) is 5.91 Å². The summed E-state index contributed by atoms with van der Waals surface area (Å²) in [7, 11) is 1.65. The zero-order valence-electron chi connectivity index (χ0n) is 10.7. The van der Waals surface area contributed by atoms with Crippen LogP contribution in [0.25, 0.3) is 0 Å². The molecule has 2 N–H and O–H groups in total. The van der Waals surface area contributed by atoms with E-state index in [0.29, 0.717) is 25.3 Å². The monoisotopic (exact) mass is 287 g/mol. The van der Waals surface area contributed by atoms with Gasteiger partial charge in [0.05, 0.1) is 13.2 Å². The predicted octanol–water partition coefficient (Wildman–Crippen LogP) is 0.124. The van der Waals surface area contributed by atoms with Crippen LogP contribution in [0.3, 0.4) is 0 Å². The van der Waals surface area contributed by atoms with Gasteiger partial charge in [0.15, 0.2) is 0 Å². The first-order valence-corrected chi connectivity index (χ1v) is 5.93. The van der Waals surface area contributed by atoms with Crippen LogP contribution in [0, 0.1) is 0 Å². The zero-order valence-corrected chi connectivity index (χ0v) is 11.5. The van der Waals surface area contributed by atoms with Gasteiger partial charge in [-0.25, -0.2) is 0 Å². The molecule has 1 aliphatic rings. The first-order chi connectivity index (χ1) is 8.66. The fraction of sp³-hybridized carbons (Fsp3) is 0.500. The van der Waals surface area contributed by atoms with Crippen molar-refractivity contribution in [1.29, 1.82) is 0 Å². The molecule has 1 amide bonds. The van der Waals surface area contributed by atoms with E-state index in [0.717, 1.165) is 6.54 Å². The maximum Gasteiger partial charge on any atom is 0.274 e. The number of nitrogens with one attached hydrogen (secondary N) is 2. The number of aryl methyl sites for hydroxylation is 1. The lowest BCUT2D eigenvalue weighted by Crippen LogP contribution is -2.43. The summed E-state index contributed by atoms with van der Waals surface area (Å²) in [6.45, 7) is 1.96. The number of morpholine rings is 1. The Bertz CT molecular complexity index is 483. The molecule has 1 atom stereocenters. The summed E-state index contributed by atoms with van der Waals surface area (Å²) in [4.78, 5) is 23.5. The van der Waals surface area contributed by atoms with E-state index in [9.17, 15) is 9.59 Å². The third kappa shape index (κ3) is 4.34. The zero-order chi connectivity index (χ0) is 13.0. The fourth-order valence-corrected chi connectivity index (χ4v) is 1.87. The molecular formula is C12H18ClN3O3. The van der Waals surface area contributed by atoms with Gasteiger partial charge < -0.3 is 19.9 Å². The van der Waals surface area contributed by atoms with Gasteiger partial charge >= 0.3 is 0 Å². The van der Waals surface area contributed by atoms with Gasteiger partial charge in [0, 0.05) is 32.3 Å². The topological polar surface area (TPSA) is 72.4 Å². The molecule has 1 aromatic heterocycles. The van der Waals surface area contributed by atoms with Crippen LogP contribution < -0.4 is 16.2 Å². The van der Waals surface area contributed by atoms with Crippen LogP contribution in [0.1, 0.15) is 6.42 Å². The van der Waals surface area contributed by atoms with Crippen LogP contribution in [-0.4, -0.2) is 36.3 Å². The molecular weight excluding hydrogens is 270 g/mol. The number of anilines is 1. The second-order valence-electron chi connectivity index (χ2n) is 4.32. The highest BCUT2D eigenvalue weighted by Gasteiger charge is 2.17. The molecule has 2 rings (SSSR count). The van der Waals surface area contributed by atoms with Crippen molar-refractivity contribution in [1.82, 2.24) is 9.88 Å². The molecule has 106 valence electrons. The molecule has 19 heavy (non-hydrogen) atoms. The molecule has 0 bridgehead atoms. The third-order valence-corrected chi connectivity index (χ3v) is 2.83. The Balaban J connectivity index is 0.00000180. The summed E-state index contributed by atoms with van der Waals surface area (Å²) < 4.78 is 6.70. The Labute approximate surface area is 117 Å². The number of hydrogen-bond donors (Lipinski definition) is 2. The van der Waals surface area contributed by atoms with E-state index in [2.05, 4.69) is 10.6 Å². The van der Waals surface area contributed by atoms with Crippen molar-refractivity contribution in [2.24, 2.45) is 7.05 Å². The lowest BCUT2D eigenvalue weighted by molar-refractivity contribution is -0.117. The number of aromatic nitrogens is 1. The van der Waals surface area contributed by atoms with Gasteiger partial charge in [-0.1, -0.05) is 0 Å². The molecule has 1 fully saturated rings. The minimum atomic E-state index is -0.210. The number of nitrogens with zero attached hydrogens (tertiary/aromatic N) is 1. The first kappa shape index (κ1) is 15.7. The van der Waals surface area contributed by atoms with Crippen LogP contribution in [0.2, 0.25) is 0 Å². The lowest BCUT2D eigenvalue weighted by Gasteiger charge is -2.23. The molecule has 1 unspecified atom stereocenters. The van der Waals surface area contributed by atoms with Gasteiger partial charge in [-0.15, -0.1) is 12.4 Å². The highest BCUT2D eigenvalue weighted by atomic mass is 35.5. The summed E-state index contributed by atoms with van der Waals surface area (Å²) >= 11 is 0. The van der Waals surface area contributed by atoms with Gasteiger partial charge in [-0.2, -0.15) is 0 Å². The molecule has 0 spiro atoms. The van der Waals surface area contributed by atoms with Crippen molar-refractivity contribution in [3.05, 3.63) is 28.7 Å². The number of carbonyl (C=O) groups is 1. The van der Waals surface area contributed by atoms with E-state index < -0.39 is 0 Å². The molecule has 2 heterocycles. The van der Waals surface area contributed by atoms with E-state index in [-0.39, 0.29) is 29.9 Å². The predicted molar refractivity (Wildman–Crippen MR) is 74.8 cm³/mol. The summed E-state index contributed by atoms with van der Waals surface area (Å²) in [6, 6.07) is 3.34. The summed E-state index contributed by atoms with van der Waals surface area (Å²) in [5.74, 6) is -0.179. The van der Waals surface area contributed by atoms with E-state index in [1.165, 1.54) is 4.57 Å². The number of carbonyl (C=O) groups excluding carboxylic acids is 1. The van der Waals surface area contributed by atoms with E-state index in [1.54, 1.807) is 25.4 Å². The Hall–Kier alpha value is -1.37. The van der Waals surface area contributed by atoms with Crippen molar-refractivity contribution in [2.75, 3.05) is 25.1 Å². The van der Waals surface area contributed by atoms with Crippen LogP contribution in [0.15, 0.2) is 23.1 Å². The van der Waals surface area contributed by atoms with E-state index in [1.807, 2.05) is 0 Å². The molecule has 1 aromatic rings. The van der Waals surface area contributed by atoms with Crippen molar-refractivity contribution in [3.8, 4) is 0 Å². The summed E-state index contributed by atoms with van der Waals surface area (Å²) in [5.41, 5.74) is 0.0976. The average molecular weight is 288 g/mol. The highest BCUT2D eigenvalue weighted by molar-refractivity contribution is 5.90. The average Bonchev–Trinajstić information content (AvgIpc) is 2.36. The molecule has 0 saturated carbocycles. The van der Waals surface area contributed by atoms with Crippen molar-refractivity contribution in [3.63, 3.8) is 0 Å². The molecule has 1 saturated heterocycles. The number of ether oxygens (including phenoxy) is 1. The molecule has 0 aromatic carbocycles. The quantitative estimate of drug-likeness (QED) is 0.829. The van der Waals surface area contributed by atoms with E-state index >= 15 is 0 Å². The first-order valence-electron chi connectivity index (χ1n) is 5.93. The van der Waals surface area contributed by atoms with Gasteiger partial charge in [-0.3, -0.25) is 9.59 Å². The second-order valence-corrected chi connectivity index (χ2v) is 4.32. The Morgan fingerprint density at radius 2 is 2.42 bits per heavy atom. The Kier molecular flexibility index (Phi) is 6.01. The normalized spacial score (nSPS) is 18.5. The van der Waals surface area contributed by atoms with Crippen molar-refractivity contribution in [2.45, 2.75) is 12.5 Å². The number of pyridine rings is 1. The minimum Gasteiger partial charge on any atom is -0.378 e. The van der Waals surface area contributed by atoms with Crippen LogP contribution >= 0.6 is 12.4 Å². The van der Waals surface area contributed by atoms with Crippen LogP contribution in [0.4, 0.5) is 5.69 Å².